The normalized spacial score (nSPS) is 21.9. The van der Waals surface area contributed by atoms with Gasteiger partial charge in [0.05, 0.1) is 6.42 Å². The van der Waals surface area contributed by atoms with E-state index in [1.165, 1.54) is 0 Å². The number of fused-ring (bicyclic) bond motifs is 1. The molecule has 1 unspecified atom stereocenters. The Hall–Kier alpha value is -1.64. The van der Waals surface area contributed by atoms with Crippen molar-refractivity contribution in [2.45, 2.75) is 25.7 Å². The number of aliphatic carboxylic acids is 1. The first kappa shape index (κ1) is 10.9. The van der Waals surface area contributed by atoms with E-state index in [0.717, 1.165) is 5.56 Å². The third-order valence-corrected chi connectivity index (χ3v) is 3.45. The van der Waals surface area contributed by atoms with Crippen LogP contribution in [0, 0.1) is 5.92 Å². The minimum Gasteiger partial charge on any atom is -0.481 e. The highest BCUT2D eigenvalue weighted by molar-refractivity contribution is 6.05. The van der Waals surface area contributed by atoms with E-state index in [9.17, 15) is 9.59 Å². The quantitative estimate of drug-likeness (QED) is 0.828. The topological polar surface area (TPSA) is 54.4 Å². The summed E-state index contributed by atoms with van der Waals surface area (Å²) in [4.78, 5) is 22.9. The van der Waals surface area contributed by atoms with Crippen LogP contribution in [0.15, 0.2) is 24.3 Å². The summed E-state index contributed by atoms with van der Waals surface area (Å²) in [5.74, 6) is -1.40. The van der Waals surface area contributed by atoms with Crippen molar-refractivity contribution >= 4 is 11.8 Å². The van der Waals surface area contributed by atoms with Crippen molar-refractivity contribution in [2.24, 2.45) is 5.92 Å². The highest BCUT2D eigenvalue weighted by Gasteiger charge is 2.46. The van der Waals surface area contributed by atoms with Crippen molar-refractivity contribution < 1.29 is 14.7 Å². The number of carboxylic acid groups (broad SMARTS) is 1. The zero-order valence-corrected chi connectivity index (χ0v) is 9.36. The minimum atomic E-state index is -0.917. The van der Waals surface area contributed by atoms with Gasteiger partial charge in [-0.25, -0.2) is 0 Å². The van der Waals surface area contributed by atoms with Gasteiger partial charge in [-0.1, -0.05) is 38.1 Å². The Labute approximate surface area is 94.1 Å². The summed E-state index contributed by atoms with van der Waals surface area (Å²) in [5, 5.41) is 8.85. The van der Waals surface area contributed by atoms with Crippen molar-refractivity contribution in [3.8, 4) is 0 Å². The zero-order valence-electron chi connectivity index (χ0n) is 9.36. The van der Waals surface area contributed by atoms with Crippen LogP contribution in [0.2, 0.25) is 0 Å². The molecule has 0 radical (unpaired) electrons. The first-order valence-electron chi connectivity index (χ1n) is 5.30. The van der Waals surface area contributed by atoms with Gasteiger partial charge in [-0.2, -0.15) is 0 Å². The lowest BCUT2D eigenvalue weighted by Crippen LogP contribution is -2.29. The zero-order chi connectivity index (χ0) is 11.9. The summed E-state index contributed by atoms with van der Waals surface area (Å²) < 4.78 is 0. The molecule has 0 aromatic heterocycles. The molecule has 0 heterocycles. The average Bonchev–Trinajstić information content (AvgIpc) is 2.41. The molecule has 0 spiro atoms. The number of ketones is 1. The molecular formula is C13H14O3. The van der Waals surface area contributed by atoms with Crippen molar-refractivity contribution in [2.75, 3.05) is 0 Å². The van der Waals surface area contributed by atoms with E-state index in [1.807, 2.05) is 32.0 Å². The lowest BCUT2D eigenvalue weighted by molar-refractivity contribution is -0.138. The van der Waals surface area contributed by atoms with E-state index in [1.54, 1.807) is 6.07 Å². The van der Waals surface area contributed by atoms with Crippen molar-refractivity contribution in [3.05, 3.63) is 35.4 Å². The smallest absolute Gasteiger partial charge is 0.304 e. The van der Waals surface area contributed by atoms with Crippen LogP contribution in [0.5, 0.6) is 0 Å². The number of rotatable bonds is 2. The number of carbonyl (C=O) groups excluding carboxylic acids is 1. The largest absolute Gasteiger partial charge is 0.481 e. The highest BCUT2D eigenvalue weighted by atomic mass is 16.4. The minimum absolute atomic E-state index is 0.0389. The summed E-state index contributed by atoms with van der Waals surface area (Å²) in [5.41, 5.74) is 1.26. The monoisotopic (exact) mass is 218 g/mol. The second-order valence-corrected chi connectivity index (χ2v) is 4.78. The van der Waals surface area contributed by atoms with E-state index < -0.39 is 11.9 Å². The molecule has 1 aromatic carbocycles. The maximum atomic E-state index is 12.1. The van der Waals surface area contributed by atoms with Crippen molar-refractivity contribution in [3.63, 3.8) is 0 Å². The van der Waals surface area contributed by atoms with E-state index in [0.29, 0.717) is 5.56 Å². The number of hydrogen-bond donors (Lipinski definition) is 1. The summed E-state index contributed by atoms with van der Waals surface area (Å²) in [6.07, 6.45) is -0.0967. The van der Waals surface area contributed by atoms with Crippen LogP contribution in [-0.2, 0) is 10.2 Å². The molecule has 0 amide bonds. The molecule has 1 aliphatic rings. The first-order chi connectivity index (χ1) is 7.44. The Bertz CT molecular complexity index is 460. The van der Waals surface area contributed by atoms with E-state index in [2.05, 4.69) is 0 Å². The number of carbonyl (C=O) groups is 2. The molecule has 16 heavy (non-hydrogen) atoms. The van der Waals surface area contributed by atoms with Gasteiger partial charge in [0.25, 0.3) is 0 Å². The van der Waals surface area contributed by atoms with Crippen molar-refractivity contribution in [1.82, 2.24) is 0 Å². The van der Waals surface area contributed by atoms with Crippen LogP contribution < -0.4 is 0 Å². The second-order valence-electron chi connectivity index (χ2n) is 4.78. The molecule has 1 aromatic rings. The molecular weight excluding hydrogens is 204 g/mol. The number of benzene rings is 1. The maximum Gasteiger partial charge on any atom is 0.304 e. The first-order valence-corrected chi connectivity index (χ1v) is 5.30. The fourth-order valence-electron chi connectivity index (χ4n) is 2.49. The van der Waals surface area contributed by atoms with Gasteiger partial charge in [-0.3, -0.25) is 9.59 Å². The van der Waals surface area contributed by atoms with Gasteiger partial charge in [0, 0.05) is 16.9 Å². The van der Waals surface area contributed by atoms with Crippen molar-refractivity contribution in [1.29, 1.82) is 0 Å². The molecule has 84 valence electrons. The van der Waals surface area contributed by atoms with Gasteiger partial charge in [-0.05, 0) is 5.56 Å². The Morgan fingerprint density at radius 2 is 2.00 bits per heavy atom. The van der Waals surface area contributed by atoms with Gasteiger partial charge in [-0.15, -0.1) is 0 Å². The lowest BCUT2D eigenvalue weighted by Gasteiger charge is -2.25. The predicted molar refractivity (Wildman–Crippen MR) is 59.5 cm³/mol. The molecule has 1 atom stereocenters. The number of hydrogen-bond acceptors (Lipinski definition) is 2. The van der Waals surface area contributed by atoms with Gasteiger partial charge in [0.15, 0.2) is 5.78 Å². The van der Waals surface area contributed by atoms with Gasteiger partial charge in [0.2, 0.25) is 0 Å². The Morgan fingerprint density at radius 1 is 1.38 bits per heavy atom. The number of Topliss-reactive ketones (excluding diaryl/α,β-unsaturated/α-hetero) is 1. The fraction of sp³-hybridized carbons (Fsp3) is 0.385. The standard InChI is InChI=1S/C13H14O3/c1-13(2)9-6-4-3-5-8(9)12(16)10(13)7-11(14)15/h3-6,10H,7H2,1-2H3,(H,14,15). The molecule has 3 nitrogen and oxygen atoms in total. The predicted octanol–water partition coefficient (Wildman–Crippen LogP) is 2.25. The molecule has 0 saturated carbocycles. The van der Waals surface area contributed by atoms with Crippen LogP contribution in [0.25, 0.3) is 0 Å². The van der Waals surface area contributed by atoms with Crippen LogP contribution >= 0.6 is 0 Å². The van der Waals surface area contributed by atoms with E-state index in [-0.39, 0.29) is 17.6 Å². The van der Waals surface area contributed by atoms with Gasteiger partial charge < -0.3 is 5.11 Å². The average molecular weight is 218 g/mol. The molecule has 0 saturated heterocycles. The Morgan fingerprint density at radius 3 is 2.56 bits per heavy atom. The third kappa shape index (κ3) is 1.43. The highest BCUT2D eigenvalue weighted by Crippen LogP contribution is 2.44. The SMILES string of the molecule is CC1(C)c2ccccc2C(=O)C1CC(=O)O. The summed E-state index contributed by atoms with van der Waals surface area (Å²) in [6.45, 7) is 3.87. The maximum absolute atomic E-state index is 12.1. The molecule has 1 N–H and O–H groups in total. The Kier molecular flexibility index (Phi) is 2.34. The van der Waals surface area contributed by atoms with E-state index >= 15 is 0 Å². The third-order valence-electron chi connectivity index (χ3n) is 3.45. The number of carboxylic acids is 1. The second kappa shape index (κ2) is 3.44. The van der Waals surface area contributed by atoms with Crippen LogP contribution in [0.3, 0.4) is 0 Å². The van der Waals surface area contributed by atoms with Gasteiger partial charge in [0.1, 0.15) is 0 Å². The molecule has 1 aliphatic carbocycles. The van der Waals surface area contributed by atoms with Crippen LogP contribution in [-0.4, -0.2) is 16.9 Å². The van der Waals surface area contributed by atoms with E-state index in [4.69, 9.17) is 5.11 Å². The summed E-state index contributed by atoms with van der Waals surface area (Å²) in [7, 11) is 0. The molecule has 0 fully saturated rings. The molecule has 0 aliphatic heterocycles. The van der Waals surface area contributed by atoms with Crippen LogP contribution in [0.1, 0.15) is 36.2 Å². The Balaban J connectivity index is 2.48. The summed E-state index contributed by atoms with van der Waals surface area (Å²) >= 11 is 0. The summed E-state index contributed by atoms with van der Waals surface area (Å²) in [6, 6.07) is 7.39. The molecule has 3 heteroatoms. The lowest BCUT2D eigenvalue weighted by atomic mass is 9.77. The van der Waals surface area contributed by atoms with Crippen LogP contribution in [0.4, 0.5) is 0 Å². The fourth-order valence-corrected chi connectivity index (χ4v) is 2.49. The van der Waals surface area contributed by atoms with Gasteiger partial charge >= 0.3 is 5.97 Å². The molecule has 2 rings (SSSR count). The molecule has 0 bridgehead atoms.